The van der Waals surface area contributed by atoms with E-state index in [9.17, 15) is 9.59 Å². The highest BCUT2D eigenvalue weighted by Crippen LogP contribution is 2.64. The van der Waals surface area contributed by atoms with Gasteiger partial charge in [0.15, 0.2) is 0 Å². The predicted molar refractivity (Wildman–Crippen MR) is 73.9 cm³/mol. The van der Waals surface area contributed by atoms with E-state index in [0.717, 1.165) is 6.42 Å². The summed E-state index contributed by atoms with van der Waals surface area (Å²) in [6.45, 7) is 6.81. The highest BCUT2D eigenvalue weighted by Gasteiger charge is 2.68. The molecule has 3 heteroatoms. The molecule has 0 spiro atoms. The van der Waals surface area contributed by atoms with Crippen molar-refractivity contribution in [1.29, 1.82) is 0 Å². The molecule has 0 aliphatic heterocycles. The maximum Gasteiger partial charge on any atom is 0.147 e. The molecule has 0 radical (unpaired) electrons. The van der Waals surface area contributed by atoms with Gasteiger partial charge >= 0.3 is 0 Å². The third-order valence-electron chi connectivity index (χ3n) is 5.82. The van der Waals surface area contributed by atoms with Crippen molar-refractivity contribution >= 4 is 11.6 Å². The van der Waals surface area contributed by atoms with Crippen LogP contribution >= 0.6 is 0 Å². The fourth-order valence-electron chi connectivity index (χ4n) is 5.20. The minimum atomic E-state index is -0.158. The molecule has 0 aromatic heterocycles. The molecule has 20 heavy (non-hydrogen) atoms. The number of carbonyl (C=O) groups is 2. The Morgan fingerprint density at radius 3 is 2.40 bits per heavy atom. The Kier molecular flexibility index (Phi) is 2.44. The number of fused-ring (bicyclic) bond motifs is 9. The predicted octanol–water partition coefficient (Wildman–Crippen LogP) is 2.25. The lowest BCUT2D eigenvalue weighted by molar-refractivity contribution is -0.125. The average molecular weight is 274 g/mol. The number of allylic oxidation sites excluding steroid dienone is 2. The lowest BCUT2D eigenvalue weighted by Gasteiger charge is -2.35. The Hall–Kier alpha value is -0.960. The molecule has 3 nitrogen and oxygen atoms in total. The Labute approximate surface area is 119 Å². The van der Waals surface area contributed by atoms with Gasteiger partial charge in [0, 0.05) is 23.7 Å². The second-order valence-electron chi connectivity index (χ2n) is 7.95. The van der Waals surface area contributed by atoms with Crippen LogP contribution in [0, 0.1) is 41.4 Å². The van der Waals surface area contributed by atoms with E-state index in [1.54, 1.807) is 0 Å². The highest BCUT2D eigenvalue weighted by atomic mass is 16.5. The Morgan fingerprint density at radius 2 is 1.75 bits per heavy atom. The summed E-state index contributed by atoms with van der Waals surface area (Å²) in [5.41, 5.74) is -0.158. The molecular formula is C17H22O3. The molecule has 0 heterocycles. The molecule has 0 amide bonds. The quantitative estimate of drug-likeness (QED) is 0.573. The highest BCUT2D eigenvalue weighted by molar-refractivity contribution is 5.98. The number of hydrogen-bond acceptors (Lipinski definition) is 3. The summed E-state index contributed by atoms with van der Waals surface area (Å²) in [6.07, 6.45) is 5.05. The molecular weight excluding hydrogens is 252 g/mol. The van der Waals surface area contributed by atoms with E-state index < -0.39 is 0 Å². The fraction of sp³-hybridized carbons (Fsp3) is 0.765. The molecule has 0 aromatic carbocycles. The standard InChI is InChI=1S/C17H22O3/c1-17(2,3)20-7-8-6-11-13-9-4-5-10(15(9)18)14(13)12(8)16(11)19/h4-5,8-14H,6-7H2,1-3H3. The maximum absolute atomic E-state index is 12.5. The molecule has 0 saturated heterocycles. The average Bonchev–Trinajstić information content (AvgIpc) is 3.04. The molecule has 4 aliphatic rings. The third-order valence-corrected chi connectivity index (χ3v) is 5.82. The van der Waals surface area contributed by atoms with Crippen molar-refractivity contribution in [1.82, 2.24) is 0 Å². The van der Waals surface area contributed by atoms with Crippen LogP contribution < -0.4 is 0 Å². The number of Topliss-reactive ketones (excluding diaryl/α,β-unsaturated/α-hetero) is 2. The van der Waals surface area contributed by atoms with Crippen molar-refractivity contribution in [3.8, 4) is 0 Å². The van der Waals surface area contributed by atoms with E-state index in [1.165, 1.54) is 0 Å². The first kappa shape index (κ1) is 12.8. The van der Waals surface area contributed by atoms with Crippen molar-refractivity contribution < 1.29 is 14.3 Å². The normalized spacial score (nSPS) is 48.5. The summed E-state index contributed by atoms with van der Waals surface area (Å²) in [7, 11) is 0. The summed E-state index contributed by atoms with van der Waals surface area (Å²) in [5.74, 6) is 2.02. The largest absolute Gasteiger partial charge is 0.376 e. The molecule has 4 bridgehead atoms. The molecule has 3 saturated carbocycles. The lowest BCUT2D eigenvalue weighted by atomic mass is 9.69. The first-order chi connectivity index (χ1) is 9.38. The van der Waals surface area contributed by atoms with Gasteiger partial charge in [-0.25, -0.2) is 0 Å². The van der Waals surface area contributed by atoms with E-state index >= 15 is 0 Å². The summed E-state index contributed by atoms with van der Waals surface area (Å²) < 4.78 is 5.91. The first-order valence-corrected chi connectivity index (χ1v) is 7.78. The van der Waals surface area contributed by atoms with Gasteiger partial charge in [0.25, 0.3) is 0 Å². The second kappa shape index (κ2) is 3.82. The van der Waals surface area contributed by atoms with Crippen molar-refractivity contribution in [2.24, 2.45) is 41.4 Å². The second-order valence-corrected chi connectivity index (χ2v) is 7.95. The van der Waals surface area contributed by atoms with Crippen LogP contribution in [0.25, 0.3) is 0 Å². The first-order valence-electron chi connectivity index (χ1n) is 7.78. The number of rotatable bonds is 2. The molecule has 4 rings (SSSR count). The van der Waals surface area contributed by atoms with Crippen LogP contribution in [0.5, 0.6) is 0 Å². The topological polar surface area (TPSA) is 43.4 Å². The van der Waals surface area contributed by atoms with Crippen LogP contribution in [0.1, 0.15) is 27.2 Å². The zero-order valence-corrected chi connectivity index (χ0v) is 12.3. The summed E-state index contributed by atoms with van der Waals surface area (Å²) in [5, 5.41) is 0. The minimum Gasteiger partial charge on any atom is -0.376 e. The van der Waals surface area contributed by atoms with E-state index in [0.29, 0.717) is 30.0 Å². The fourth-order valence-corrected chi connectivity index (χ4v) is 5.20. The van der Waals surface area contributed by atoms with Gasteiger partial charge in [-0.2, -0.15) is 0 Å². The van der Waals surface area contributed by atoms with Crippen LogP contribution in [-0.2, 0) is 14.3 Å². The van der Waals surface area contributed by atoms with Crippen LogP contribution in [0.3, 0.4) is 0 Å². The van der Waals surface area contributed by atoms with Crippen LogP contribution in [0.15, 0.2) is 12.2 Å². The van der Waals surface area contributed by atoms with Gasteiger partial charge in [-0.3, -0.25) is 9.59 Å². The number of ketones is 2. The van der Waals surface area contributed by atoms with E-state index in [-0.39, 0.29) is 35.2 Å². The zero-order valence-electron chi connectivity index (χ0n) is 12.3. The minimum absolute atomic E-state index is 0.0291. The van der Waals surface area contributed by atoms with Crippen LogP contribution in [-0.4, -0.2) is 23.8 Å². The SMILES string of the molecule is CC(C)(C)OCC1CC2C(=O)C1C1C3C=CC(C3=O)C21. The monoisotopic (exact) mass is 274 g/mol. The molecule has 108 valence electrons. The van der Waals surface area contributed by atoms with Gasteiger partial charge in [0.1, 0.15) is 11.6 Å². The molecule has 7 atom stereocenters. The number of ether oxygens (including phenoxy) is 1. The molecule has 3 fully saturated rings. The van der Waals surface area contributed by atoms with Gasteiger partial charge in [-0.05, 0) is 44.9 Å². The Balaban J connectivity index is 1.57. The molecule has 0 aromatic rings. The van der Waals surface area contributed by atoms with Gasteiger partial charge in [-0.15, -0.1) is 0 Å². The van der Waals surface area contributed by atoms with E-state index in [2.05, 4.69) is 32.9 Å². The summed E-state index contributed by atoms with van der Waals surface area (Å²) in [4.78, 5) is 24.8. The third kappa shape index (κ3) is 1.50. The molecule has 7 unspecified atom stereocenters. The summed E-state index contributed by atoms with van der Waals surface area (Å²) >= 11 is 0. The van der Waals surface area contributed by atoms with Crippen molar-refractivity contribution in [2.45, 2.75) is 32.8 Å². The van der Waals surface area contributed by atoms with Crippen molar-refractivity contribution in [2.75, 3.05) is 6.61 Å². The van der Waals surface area contributed by atoms with Crippen molar-refractivity contribution in [3.63, 3.8) is 0 Å². The Morgan fingerprint density at radius 1 is 1.10 bits per heavy atom. The van der Waals surface area contributed by atoms with Gasteiger partial charge in [0.05, 0.1) is 12.2 Å². The van der Waals surface area contributed by atoms with Crippen LogP contribution in [0.2, 0.25) is 0 Å². The van der Waals surface area contributed by atoms with E-state index in [1.807, 2.05) is 0 Å². The number of hydrogen-bond donors (Lipinski definition) is 0. The van der Waals surface area contributed by atoms with E-state index in [4.69, 9.17) is 4.74 Å². The maximum atomic E-state index is 12.5. The van der Waals surface area contributed by atoms with Gasteiger partial charge in [0.2, 0.25) is 0 Å². The van der Waals surface area contributed by atoms with Crippen LogP contribution in [0.4, 0.5) is 0 Å². The molecule has 4 aliphatic carbocycles. The van der Waals surface area contributed by atoms with Gasteiger partial charge < -0.3 is 4.74 Å². The lowest BCUT2D eigenvalue weighted by Crippen LogP contribution is -2.35. The smallest absolute Gasteiger partial charge is 0.147 e. The zero-order chi connectivity index (χ0) is 14.2. The van der Waals surface area contributed by atoms with Gasteiger partial charge in [-0.1, -0.05) is 12.2 Å². The number of carbonyl (C=O) groups excluding carboxylic acids is 2. The Bertz CT molecular complexity index is 513. The molecule has 0 N–H and O–H groups in total. The van der Waals surface area contributed by atoms with Crippen molar-refractivity contribution in [3.05, 3.63) is 12.2 Å². The summed E-state index contributed by atoms with van der Waals surface area (Å²) in [6, 6.07) is 0.